The van der Waals surface area contributed by atoms with Gasteiger partial charge in [-0.05, 0) is 102 Å². The maximum absolute atomic E-state index is 8.68. The molecule has 0 atom stereocenters. The maximum Gasteiger partial charge on any atom is 0.265 e. The number of allylic oxidation sites excluding steroid dienone is 2. The van der Waals surface area contributed by atoms with Crippen molar-refractivity contribution in [2.75, 3.05) is 0 Å². The van der Waals surface area contributed by atoms with E-state index in [2.05, 4.69) is 194 Å². The SMILES string of the molecule is C#CC#CC#CC.CCn1ccc[c]1[Sn]([CH3])([CH3])[CH3].C[C-](C)C.C[C-](C)C.C[C-](C)C.C[C-](C)C.[C-]#[N+]/C(C#N)=C\c1ccc(-c2cccn2CC)o1.[C-]#[N+]/C(C#N)=C\c1ccc(Br)o1.[Pd]. The molecule has 8 nitrogen and oxygen atoms in total. The molecule has 0 saturated heterocycles. The number of nitrogens with zero attached hydrogens (tertiary/aromatic N) is 6. The Kier molecular flexibility index (Phi) is 45.9. The molecule has 0 aliphatic heterocycles. The summed E-state index contributed by atoms with van der Waals surface area (Å²) in [4.78, 5) is 13.4. The number of hydrogen-bond acceptors (Lipinski definition) is 4. The molecule has 4 aromatic heterocycles. The molecule has 0 aromatic carbocycles. The summed E-state index contributed by atoms with van der Waals surface area (Å²) in [5.41, 5.74) is 1.01. The fourth-order valence-electron chi connectivity index (χ4n) is 3.84. The van der Waals surface area contributed by atoms with Gasteiger partial charge in [-0.1, -0.05) is 5.92 Å². The quantitative estimate of drug-likeness (QED) is 0.0832. The molecule has 0 saturated carbocycles. The summed E-state index contributed by atoms with van der Waals surface area (Å²) in [5.74, 6) is 19.4. The zero-order valence-electron chi connectivity index (χ0n) is 42.1. The van der Waals surface area contributed by atoms with Crippen LogP contribution in [-0.2, 0) is 33.5 Å². The van der Waals surface area contributed by atoms with Gasteiger partial charge in [-0.3, -0.25) is 0 Å². The van der Waals surface area contributed by atoms with Crippen molar-refractivity contribution >= 4 is 50.2 Å². The molecular formula is C54H71BrN6O2PdSn-4. The number of furan rings is 2. The van der Waals surface area contributed by atoms with Gasteiger partial charge in [0.1, 0.15) is 11.5 Å². The molecule has 4 aromatic rings. The molecule has 0 N–H and O–H groups in total. The number of aromatic nitrogens is 2. The first kappa shape index (κ1) is 69.2. The minimum Gasteiger partial charge on any atom is -0.456 e. The van der Waals surface area contributed by atoms with Crippen LogP contribution in [0.3, 0.4) is 0 Å². The molecule has 354 valence electrons. The molecule has 0 radical (unpaired) electrons. The Balaban J connectivity index is -0.000000227. The van der Waals surface area contributed by atoms with Crippen LogP contribution in [-0.4, -0.2) is 27.5 Å². The molecule has 0 amide bonds. The molecule has 4 heterocycles. The second kappa shape index (κ2) is 43.1. The van der Waals surface area contributed by atoms with Gasteiger partial charge < -0.3 is 37.1 Å². The zero-order valence-corrected chi connectivity index (χ0v) is 48.1. The van der Waals surface area contributed by atoms with Gasteiger partial charge in [0, 0.05) is 33.2 Å². The predicted octanol–water partition coefficient (Wildman–Crippen LogP) is 15.6. The number of rotatable bonds is 6. The first-order chi connectivity index (χ1) is 29.9. The molecule has 4 rings (SSSR count). The molecule has 0 fully saturated rings. The fraction of sp³-hybridized carbons (Fsp3) is 0.370. The number of terminal acetylenes is 1. The van der Waals surface area contributed by atoms with Crippen molar-refractivity contribution in [1.29, 1.82) is 10.5 Å². The van der Waals surface area contributed by atoms with Gasteiger partial charge >= 0.3 is 73.3 Å². The first-order valence-corrected chi connectivity index (χ1v) is 31.3. The van der Waals surface area contributed by atoms with Crippen molar-refractivity contribution < 1.29 is 29.3 Å². The van der Waals surface area contributed by atoms with Gasteiger partial charge in [0.25, 0.3) is 11.4 Å². The van der Waals surface area contributed by atoms with Gasteiger partial charge in [0.05, 0.1) is 31.0 Å². The molecule has 0 spiro atoms. The van der Waals surface area contributed by atoms with Gasteiger partial charge in [0.2, 0.25) is 0 Å². The van der Waals surface area contributed by atoms with E-state index in [0.29, 0.717) is 16.2 Å². The molecular weight excluding hydrogens is 1070 g/mol. The van der Waals surface area contributed by atoms with Gasteiger partial charge in [-0.25, -0.2) is 20.2 Å². The molecule has 0 aliphatic carbocycles. The standard InChI is InChI=1S/C14H11N3O.C8H3BrN2O.C7H4.C6H8N.4C4H9.3CH3.Pd.Sn/c1-3-17-8-4-5-13(17)14-7-6-12(18-14)9-11(10-15)16-2;1-11-6(5-10)4-7-2-3-8(9)12-7;1-3-5-7-6-4-2;1-2-7-5-3-4-6-7;4*1-4(2)3;;;;;/h4-9H,3H2,1H3;2-4H;1H,2H3;3-5H,2H2,1H3;4*1-3H3;3*1H3;;/q;;;;4*-1;;;;;/b11-9-;6-4-;;;;;;;;;;;. The normalized spacial score (nSPS) is 9.57. The Hall–Kier alpha value is -4.82. The summed E-state index contributed by atoms with van der Waals surface area (Å²) in [6.07, 6.45) is 11.8. The Morgan fingerprint density at radius 2 is 1.11 bits per heavy atom. The Morgan fingerprint density at radius 1 is 0.692 bits per heavy atom. The summed E-state index contributed by atoms with van der Waals surface area (Å²) < 4.78 is 17.3. The predicted molar refractivity (Wildman–Crippen MR) is 279 cm³/mol. The van der Waals surface area contributed by atoms with E-state index in [1.165, 1.54) is 35.8 Å². The van der Waals surface area contributed by atoms with E-state index in [4.69, 9.17) is 38.9 Å². The van der Waals surface area contributed by atoms with Crippen molar-refractivity contribution in [3.63, 3.8) is 0 Å². The van der Waals surface area contributed by atoms with Crippen LogP contribution >= 0.6 is 15.9 Å². The van der Waals surface area contributed by atoms with Crippen LogP contribution in [0.2, 0.25) is 14.8 Å². The number of aryl methyl sites for hydroxylation is 2. The summed E-state index contributed by atoms with van der Waals surface area (Å²) >= 11 is 1.33. The number of halogens is 1. The first-order valence-electron chi connectivity index (χ1n) is 20.5. The minimum atomic E-state index is -1.78. The van der Waals surface area contributed by atoms with E-state index in [0.717, 1.165) is 24.5 Å². The van der Waals surface area contributed by atoms with Crippen LogP contribution in [0.1, 0.15) is 115 Å². The summed E-state index contributed by atoms with van der Waals surface area (Å²) in [6, 6.07) is 18.9. The zero-order chi connectivity index (χ0) is 50.3. The average Bonchev–Trinajstić information content (AvgIpc) is 4.04. The monoisotopic (exact) mass is 1140 g/mol. The van der Waals surface area contributed by atoms with Crippen LogP contribution in [0.25, 0.3) is 33.3 Å². The minimum absolute atomic E-state index is 0. The van der Waals surface area contributed by atoms with E-state index < -0.39 is 18.4 Å². The van der Waals surface area contributed by atoms with Crippen molar-refractivity contribution in [3.05, 3.63) is 135 Å². The van der Waals surface area contributed by atoms with E-state index in [1.807, 2.05) is 30.5 Å². The van der Waals surface area contributed by atoms with E-state index in [-0.39, 0.29) is 31.8 Å². The molecule has 0 unspecified atom stereocenters. The largest absolute Gasteiger partial charge is 0.456 e. The summed E-state index contributed by atoms with van der Waals surface area (Å²) in [7, 11) is 0. The summed E-state index contributed by atoms with van der Waals surface area (Å²) in [6.45, 7) is 46.4. The Bertz CT molecular complexity index is 2190. The number of hydrogen-bond donors (Lipinski definition) is 0. The van der Waals surface area contributed by atoms with Crippen molar-refractivity contribution in [2.45, 2.75) is 132 Å². The van der Waals surface area contributed by atoms with E-state index in [9.17, 15) is 0 Å². The topological polar surface area (TPSA) is 92.4 Å². The second-order valence-corrected chi connectivity index (χ2v) is 31.3. The third-order valence-electron chi connectivity index (χ3n) is 5.93. The van der Waals surface area contributed by atoms with Gasteiger partial charge in [-0.15, -0.1) is 6.42 Å². The molecule has 11 heteroatoms. The van der Waals surface area contributed by atoms with E-state index in [1.54, 1.807) is 34.9 Å². The summed E-state index contributed by atoms with van der Waals surface area (Å²) in [5, 5.41) is 17.1. The third-order valence-corrected chi connectivity index (χ3v) is 12.0. The van der Waals surface area contributed by atoms with E-state index >= 15 is 0 Å². The molecule has 0 bridgehead atoms. The van der Waals surface area contributed by atoms with Crippen LogP contribution in [0.5, 0.6) is 0 Å². The van der Waals surface area contributed by atoms with Crippen LogP contribution in [0.15, 0.2) is 85.8 Å². The van der Waals surface area contributed by atoms with Crippen LogP contribution < -0.4 is 3.71 Å². The van der Waals surface area contributed by atoms with Crippen LogP contribution in [0, 0.1) is 95.5 Å². The maximum atomic E-state index is 8.68. The van der Waals surface area contributed by atoms with Gasteiger partial charge in [0.15, 0.2) is 10.4 Å². The van der Waals surface area contributed by atoms with Crippen molar-refractivity contribution in [2.24, 2.45) is 0 Å². The number of nitriles is 2. The van der Waals surface area contributed by atoms with Gasteiger partial charge in [-0.2, -0.15) is 83.1 Å². The third kappa shape index (κ3) is 42.9. The second-order valence-electron chi connectivity index (χ2n) is 16.2. The van der Waals surface area contributed by atoms with Crippen LogP contribution in [0.4, 0.5) is 0 Å². The molecule has 0 aliphatic rings. The fourth-order valence-corrected chi connectivity index (χ4v) is 8.98. The Labute approximate surface area is 422 Å². The molecule has 65 heavy (non-hydrogen) atoms. The average molecular weight is 1140 g/mol. The van der Waals surface area contributed by atoms with Crippen molar-refractivity contribution in [1.82, 2.24) is 9.13 Å². The van der Waals surface area contributed by atoms with Crippen molar-refractivity contribution in [3.8, 4) is 59.6 Å². The Morgan fingerprint density at radius 3 is 1.45 bits per heavy atom. The smallest absolute Gasteiger partial charge is 0.265 e.